The summed E-state index contributed by atoms with van der Waals surface area (Å²) in [5.41, 5.74) is 0.720. The highest BCUT2D eigenvalue weighted by atomic mass is 35.5. The van der Waals surface area contributed by atoms with E-state index in [4.69, 9.17) is 11.6 Å². The first-order valence-corrected chi connectivity index (χ1v) is 8.52. The van der Waals surface area contributed by atoms with Crippen LogP contribution in [0, 0.1) is 17.2 Å². The molecule has 1 saturated carbocycles. The summed E-state index contributed by atoms with van der Waals surface area (Å²) in [5.74, 6) is 0.437. The van der Waals surface area contributed by atoms with E-state index in [2.05, 4.69) is 6.92 Å². The maximum atomic E-state index is 13.6. The van der Waals surface area contributed by atoms with Crippen molar-refractivity contribution in [3.8, 4) is 0 Å². The topological polar surface area (TPSA) is 20.2 Å². The van der Waals surface area contributed by atoms with Crippen LogP contribution in [0.2, 0.25) is 5.02 Å². The van der Waals surface area contributed by atoms with Crippen LogP contribution in [0.25, 0.3) is 0 Å². The van der Waals surface area contributed by atoms with E-state index in [1.54, 1.807) is 6.07 Å². The van der Waals surface area contributed by atoms with Gasteiger partial charge in [0.1, 0.15) is 5.82 Å². The minimum atomic E-state index is -0.362. The third kappa shape index (κ3) is 4.20. The maximum Gasteiger partial charge on any atom is 0.142 e. The standard InChI is InChI=1S/C18H26ClFO/c1-2-3-5-14-8-10-18(13-21,11-9-14)12-15-6-4-7-16(20)17(15)19/h4,6-7,14,21H,2-3,5,8-13H2,1H3. The summed E-state index contributed by atoms with van der Waals surface area (Å²) >= 11 is 6.07. The number of halogens is 2. The second-order valence-electron chi connectivity index (χ2n) is 6.63. The molecule has 0 aromatic heterocycles. The third-order valence-corrected chi connectivity index (χ3v) is 5.49. The molecule has 1 aromatic carbocycles. The van der Waals surface area contributed by atoms with Crippen LogP contribution in [-0.2, 0) is 6.42 Å². The molecule has 0 unspecified atom stereocenters. The van der Waals surface area contributed by atoms with Crippen molar-refractivity contribution in [1.82, 2.24) is 0 Å². The SMILES string of the molecule is CCCCC1CCC(CO)(Cc2cccc(F)c2Cl)CC1. The van der Waals surface area contributed by atoms with E-state index in [-0.39, 0.29) is 22.9 Å². The van der Waals surface area contributed by atoms with E-state index in [1.165, 1.54) is 38.2 Å². The van der Waals surface area contributed by atoms with Crippen molar-refractivity contribution in [2.75, 3.05) is 6.61 Å². The summed E-state index contributed by atoms with van der Waals surface area (Å²) < 4.78 is 13.6. The fraction of sp³-hybridized carbons (Fsp3) is 0.667. The molecule has 0 amide bonds. The fourth-order valence-corrected chi connectivity index (χ4v) is 3.74. The van der Waals surface area contributed by atoms with E-state index in [0.29, 0.717) is 6.42 Å². The normalized spacial score (nSPS) is 26.0. The van der Waals surface area contributed by atoms with Gasteiger partial charge in [-0.25, -0.2) is 4.39 Å². The zero-order valence-electron chi connectivity index (χ0n) is 12.9. The molecule has 1 fully saturated rings. The van der Waals surface area contributed by atoms with Crippen LogP contribution >= 0.6 is 11.6 Å². The Morgan fingerprint density at radius 3 is 2.67 bits per heavy atom. The van der Waals surface area contributed by atoms with Crippen molar-refractivity contribution in [1.29, 1.82) is 0 Å². The van der Waals surface area contributed by atoms with Crippen molar-refractivity contribution in [2.45, 2.75) is 58.3 Å². The summed E-state index contributed by atoms with van der Waals surface area (Å²) in [6, 6.07) is 4.97. The summed E-state index contributed by atoms with van der Waals surface area (Å²) in [5, 5.41) is 10.1. The molecule has 0 saturated heterocycles. The van der Waals surface area contributed by atoms with Crippen LogP contribution in [0.5, 0.6) is 0 Å². The number of aliphatic hydroxyl groups is 1. The summed E-state index contributed by atoms with van der Waals surface area (Å²) in [7, 11) is 0. The monoisotopic (exact) mass is 312 g/mol. The second-order valence-corrected chi connectivity index (χ2v) is 7.01. The smallest absolute Gasteiger partial charge is 0.142 e. The van der Waals surface area contributed by atoms with Crippen molar-refractivity contribution in [3.05, 3.63) is 34.6 Å². The van der Waals surface area contributed by atoms with Gasteiger partial charge in [-0.2, -0.15) is 0 Å². The van der Waals surface area contributed by atoms with Crippen LogP contribution in [0.4, 0.5) is 4.39 Å². The zero-order chi connectivity index (χ0) is 15.3. The molecule has 0 radical (unpaired) electrons. The first-order valence-electron chi connectivity index (χ1n) is 8.14. The van der Waals surface area contributed by atoms with Gasteiger partial charge in [-0.15, -0.1) is 0 Å². The van der Waals surface area contributed by atoms with Crippen LogP contribution in [-0.4, -0.2) is 11.7 Å². The number of hydrogen-bond donors (Lipinski definition) is 1. The first-order chi connectivity index (χ1) is 10.1. The maximum absolute atomic E-state index is 13.6. The van der Waals surface area contributed by atoms with E-state index >= 15 is 0 Å². The van der Waals surface area contributed by atoms with Gasteiger partial charge >= 0.3 is 0 Å². The molecule has 2 rings (SSSR count). The average Bonchev–Trinajstić information content (AvgIpc) is 2.51. The Morgan fingerprint density at radius 2 is 2.05 bits per heavy atom. The van der Waals surface area contributed by atoms with Gasteiger partial charge in [-0.3, -0.25) is 0 Å². The molecule has 21 heavy (non-hydrogen) atoms. The molecule has 1 N–H and O–H groups in total. The minimum absolute atomic E-state index is 0.111. The predicted molar refractivity (Wildman–Crippen MR) is 86.1 cm³/mol. The number of benzene rings is 1. The van der Waals surface area contributed by atoms with Gasteiger partial charge in [0.05, 0.1) is 5.02 Å². The van der Waals surface area contributed by atoms with Crippen molar-refractivity contribution in [3.63, 3.8) is 0 Å². The minimum Gasteiger partial charge on any atom is -0.396 e. The largest absolute Gasteiger partial charge is 0.396 e. The molecule has 3 heteroatoms. The molecule has 1 aromatic rings. The Bertz CT molecular complexity index is 453. The van der Waals surface area contributed by atoms with Crippen LogP contribution in [0.15, 0.2) is 18.2 Å². The molecule has 0 bridgehead atoms. The molecule has 0 aliphatic heterocycles. The summed E-state index contributed by atoms with van der Waals surface area (Å²) in [4.78, 5) is 0. The lowest BCUT2D eigenvalue weighted by Gasteiger charge is -2.39. The fourth-order valence-electron chi connectivity index (χ4n) is 3.55. The van der Waals surface area contributed by atoms with Gasteiger partial charge in [0, 0.05) is 6.61 Å². The third-order valence-electron chi connectivity index (χ3n) is 5.06. The van der Waals surface area contributed by atoms with E-state index < -0.39 is 0 Å². The molecule has 118 valence electrons. The molecule has 1 aliphatic carbocycles. The van der Waals surface area contributed by atoms with Crippen LogP contribution in [0.3, 0.4) is 0 Å². The molecule has 1 aliphatic rings. The van der Waals surface area contributed by atoms with Gasteiger partial charge < -0.3 is 5.11 Å². The highest BCUT2D eigenvalue weighted by Gasteiger charge is 2.35. The number of unbranched alkanes of at least 4 members (excludes halogenated alkanes) is 1. The molecule has 0 atom stereocenters. The summed E-state index contributed by atoms with van der Waals surface area (Å²) in [6.45, 7) is 2.40. The van der Waals surface area contributed by atoms with Crippen molar-refractivity contribution in [2.24, 2.45) is 11.3 Å². The Labute approximate surface area is 132 Å². The Kier molecular flexibility index (Phi) is 6.07. The molecule has 1 nitrogen and oxygen atoms in total. The number of hydrogen-bond acceptors (Lipinski definition) is 1. The Morgan fingerprint density at radius 1 is 1.33 bits per heavy atom. The van der Waals surface area contributed by atoms with E-state index in [9.17, 15) is 9.50 Å². The lowest BCUT2D eigenvalue weighted by molar-refractivity contribution is 0.0620. The quantitative estimate of drug-likeness (QED) is 0.747. The lowest BCUT2D eigenvalue weighted by atomic mass is 9.67. The molecule has 0 spiro atoms. The highest BCUT2D eigenvalue weighted by Crippen LogP contribution is 2.43. The van der Waals surface area contributed by atoms with E-state index in [0.717, 1.165) is 24.3 Å². The van der Waals surface area contributed by atoms with Gasteiger partial charge in [-0.05, 0) is 55.1 Å². The summed E-state index contributed by atoms with van der Waals surface area (Å²) in [6.07, 6.45) is 8.92. The number of aliphatic hydroxyl groups excluding tert-OH is 1. The average molecular weight is 313 g/mol. The van der Waals surface area contributed by atoms with Crippen molar-refractivity contribution >= 4 is 11.6 Å². The van der Waals surface area contributed by atoms with Crippen LogP contribution in [0.1, 0.15) is 57.4 Å². The molecule has 0 heterocycles. The Balaban J connectivity index is 2.01. The molecular formula is C18H26ClFO. The van der Waals surface area contributed by atoms with Gasteiger partial charge in [-0.1, -0.05) is 49.9 Å². The predicted octanol–water partition coefficient (Wildman–Crippen LogP) is 5.38. The lowest BCUT2D eigenvalue weighted by Crippen LogP contribution is -2.33. The number of rotatable bonds is 6. The van der Waals surface area contributed by atoms with Crippen LogP contribution < -0.4 is 0 Å². The van der Waals surface area contributed by atoms with Gasteiger partial charge in [0.25, 0.3) is 0 Å². The van der Waals surface area contributed by atoms with Gasteiger partial charge in [0.15, 0.2) is 0 Å². The van der Waals surface area contributed by atoms with E-state index in [1.807, 2.05) is 6.07 Å². The van der Waals surface area contributed by atoms with Gasteiger partial charge in [0.2, 0.25) is 0 Å². The zero-order valence-corrected chi connectivity index (χ0v) is 13.6. The first kappa shape index (κ1) is 16.8. The highest BCUT2D eigenvalue weighted by molar-refractivity contribution is 6.31. The Hall–Kier alpha value is -0.600. The second kappa shape index (κ2) is 7.60. The van der Waals surface area contributed by atoms with Crippen molar-refractivity contribution < 1.29 is 9.50 Å². The molecular weight excluding hydrogens is 287 g/mol.